The number of hydrogen-bond donors (Lipinski definition) is 1. The summed E-state index contributed by atoms with van der Waals surface area (Å²) in [5.41, 5.74) is 4.47. The third-order valence-electron chi connectivity index (χ3n) is 2.55. The van der Waals surface area contributed by atoms with Crippen molar-refractivity contribution in [3.05, 3.63) is 47.4 Å². The number of pyridine rings is 2. The number of aryl methyl sites for hydroxylation is 2. The maximum atomic E-state index is 4.51. The van der Waals surface area contributed by atoms with Gasteiger partial charge in [-0.1, -0.05) is 0 Å². The number of nitrogens with one attached hydrogen (secondary N) is 1. The Morgan fingerprint density at radius 3 is 2.78 bits per heavy atom. The molecule has 18 heavy (non-hydrogen) atoms. The molecule has 0 fully saturated rings. The van der Waals surface area contributed by atoms with Crippen molar-refractivity contribution in [1.82, 2.24) is 9.97 Å². The molecule has 2 aromatic heterocycles. The van der Waals surface area contributed by atoms with Crippen molar-refractivity contribution < 1.29 is 0 Å². The van der Waals surface area contributed by atoms with E-state index in [1.165, 1.54) is 5.56 Å². The quantitative estimate of drug-likeness (QED) is 0.854. The molecule has 0 aliphatic heterocycles. The fraction of sp³-hybridized carbons (Fsp3) is 0.286. The molecular weight excluding hydrogens is 242 g/mol. The second-order valence-corrected chi connectivity index (χ2v) is 5.19. The number of nitrogens with zero attached hydrogens (tertiary/aromatic N) is 2. The van der Waals surface area contributed by atoms with Crippen LogP contribution in [0, 0.1) is 13.8 Å². The summed E-state index contributed by atoms with van der Waals surface area (Å²) in [5.74, 6) is 0.839. The van der Waals surface area contributed by atoms with E-state index in [9.17, 15) is 0 Å². The molecule has 2 heterocycles. The number of anilines is 1. The first-order valence-electron chi connectivity index (χ1n) is 5.88. The summed E-state index contributed by atoms with van der Waals surface area (Å²) in [6.07, 6.45) is 1.83. The lowest BCUT2D eigenvalue weighted by molar-refractivity contribution is 1.04. The van der Waals surface area contributed by atoms with Crippen LogP contribution < -0.4 is 5.32 Å². The summed E-state index contributed by atoms with van der Waals surface area (Å²) in [6.45, 7) is 4.12. The van der Waals surface area contributed by atoms with Gasteiger partial charge < -0.3 is 5.32 Å². The second kappa shape index (κ2) is 5.87. The van der Waals surface area contributed by atoms with Gasteiger partial charge in [0.1, 0.15) is 0 Å². The van der Waals surface area contributed by atoms with Crippen LogP contribution in [-0.2, 0) is 5.75 Å². The van der Waals surface area contributed by atoms with Gasteiger partial charge in [-0.15, -0.1) is 11.8 Å². The number of rotatable bonds is 4. The van der Waals surface area contributed by atoms with Gasteiger partial charge in [-0.3, -0.25) is 4.98 Å². The summed E-state index contributed by atoms with van der Waals surface area (Å²) in [7, 11) is 1.91. The molecule has 94 valence electrons. The van der Waals surface area contributed by atoms with Crippen molar-refractivity contribution in [2.45, 2.75) is 24.6 Å². The van der Waals surface area contributed by atoms with Crippen LogP contribution in [-0.4, -0.2) is 17.0 Å². The molecule has 0 spiro atoms. The first kappa shape index (κ1) is 12.9. The first-order chi connectivity index (χ1) is 8.67. The third kappa shape index (κ3) is 3.47. The number of hydrogen-bond acceptors (Lipinski definition) is 4. The molecule has 0 bridgehead atoms. The first-order valence-corrected chi connectivity index (χ1v) is 6.87. The number of thioether (sulfide) groups is 1. The van der Waals surface area contributed by atoms with Gasteiger partial charge in [-0.25, -0.2) is 4.98 Å². The van der Waals surface area contributed by atoms with Crippen molar-refractivity contribution in [3.8, 4) is 0 Å². The van der Waals surface area contributed by atoms with E-state index in [1.54, 1.807) is 11.8 Å². The van der Waals surface area contributed by atoms with Gasteiger partial charge in [0.2, 0.25) is 0 Å². The molecule has 0 atom stereocenters. The molecule has 0 amide bonds. The monoisotopic (exact) mass is 259 g/mol. The fourth-order valence-electron chi connectivity index (χ4n) is 1.74. The molecule has 2 rings (SSSR count). The Morgan fingerprint density at radius 1 is 1.22 bits per heavy atom. The number of aromatic nitrogens is 2. The topological polar surface area (TPSA) is 37.8 Å². The molecule has 0 aliphatic carbocycles. The zero-order chi connectivity index (χ0) is 13.0. The van der Waals surface area contributed by atoms with Crippen LogP contribution in [0.3, 0.4) is 0 Å². The average Bonchev–Trinajstić information content (AvgIpc) is 2.35. The zero-order valence-corrected chi connectivity index (χ0v) is 11.7. The summed E-state index contributed by atoms with van der Waals surface area (Å²) in [5, 5.41) is 4.18. The molecule has 1 N–H and O–H groups in total. The van der Waals surface area contributed by atoms with Crippen molar-refractivity contribution in [3.63, 3.8) is 0 Å². The molecule has 0 unspecified atom stereocenters. The maximum absolute atomic E-state index is 4.51. The van der Waals surface area contributed by atoms with Gasteiger partial charge >= 0.3 is 0 Å². The minimum atomic E-state index is 0.839. The van der Waals surface area contributed by atoms with Gasteiger partial charge in [0.05, 0.1) is 10.7 Å². The second-order valence-electron chi connectivity index (χ2n) is 4.20. The highest BCUT2D eigenvalue weighted by molar-refractivity contribution is 7.98. The molecule has 2 aromatic rings. The van der Waals surface area contributed by atoms with Crippen LogP contribution in [0.1, 0.15) is 17.0 Å². The van der Waals surface area contributed by atoms with E-state index in [0.29, 0.717) is 0 Å². The Bertz CT molecular complexity index is 520. The van der Waals surface area contributed by atoms with Gasteiger partial charge in [-0.05, 0) is 43.7 Å². The van der Waals surface area contributed by atoms with Crippen LogP contribution in [0.25, 0.3) is 0 Å². The summed E-state index contributed by atoms with van der Waals surface area (Å²) in [6, 6.07) is 8.22. The van der Waals surface area contributed by atoms with E-state index in [-0.39, 0.29) is 0 Å². The summed E-state index contributed by atoms with van der Waals surface area (Å²) >= 11 is 1.72. The van der Waals surface area contributed by atoms with Gasteiger partial charge in [0.15, 0.2) is 0 Å². The highest BCUT2D eigenvalue weighted by Crippen LogP contribution is 2.22. The largest absolute Gasteiger partial charge is 0.388 e. The van der Waals surface area contributed by atoms with Crippen molar-refractivity contribution in [2.24, 2.45) is 0 Å². The highest BCUT2D eigenvalue weighted by Gasteiger charge is 2.01. The van der Waals surface area contributed by atoms with E-state index in [2.05, 4.69) is 40.4 Å². The maximum Gasteiger partial charge on any atom is 0.0969 e. The van der Waals surface area contributed by atoms with Crippen LogP contribution >= 0.6 is 11.8 Å². The lowest BCUT2D eigenvalue weighted by atomic mass is 10.3. The van der Waals surface area contributed by atoms with Crippen LogP contribution in [0.15, 0.2) is 35.5 Å². The minimum Gasteiger partial charge on any atom is -0.388 e. The summed E-state index contributed by atoms with van der Waals surface area (Å²) < 4.78 is 0. The third-order valence-corrected chi connectivity index (χ3v) is 3.49. The molecule has 0 saturated carbocycles. The highest BCUT2D eigenvalue weighted by atomic mass is 32.2. The molecular formula is C14H17N3S. The fourth-order valence-corrected chi connectivity index (χ4v) is 2.67. The SMILES string of the molecule is CNc1ccnc(CSc2cc(C)cc(C)n2)c1. The van der Waals surface area contributed by atoms with E-state index < -0.39 is 0 Å². The average molecular weight is 259 g/mol. The van der Waals surface area contributed by atoms with Gasteiger partial charge in [0, 0.05) is 30.4 Å². The molecule has 0 aliphatic rings. The van der Waals surface area contributed by atoms with Crippen molar-refractivity contribution >= 4 is 17.4 Å². The molecule has 0 radical (unpaired) electrons. The van der Waals surface area contributed by atoms with Crippen molar-refractivity contribution in [2.75, 3.05) is 12.4 Å². The molecule has 0 aromatic carbocycles. The Hall–Kier alpha value is -1.55. The van der Waals surface area contributed by atoms with Gasteiger partial charge in [-0.2, -0.15) is 0 Å². The predicted octanol–water partition coefficient (Wildman–Crippen LogP) is 3.43. The van der Waals surface area contributed by atoms with Crippen LogP contribution in [0.5, 0.6) is 0 Å². The minimum absolute atomic E-state index is 0.839. The standard InChI is InChI=1S/C14H17N3S/c1-10-6-11(2)17-14(7-10)18-9-13-8-12(15-3)4-5-16-13/h4-8H,9H2,1-3H3,(H,15,16). The van der Waals surface area contributed by atoms with Gasteiger partial charge in [0.25, 0.3) is 0 Å². The van der Waals surface area contributed by atoms with Crippen LogP contribution in [0.2, 0.25) is 0 Å². The predicted molar refractivity (Wildman–Crippen MR) is 77.1 cm³/mol. The zero-order valence-electron chi connectivity index (χ0n) is 10.9. The Balaban J connectivity index is 2.06. The lowest BCUT2D eigenvalue weighted by Crippen LogP contribution is -1.93. The lowest BCUT2D eigenvalue weighted by Gasteiger charge is -2.05. The molecule has 0 saturated heterocycles. The smallest absolute Gasteiger partial charge is 0.0969 e. The van der Waals surface area contributed by atoms with Crippen molar-refractivity contribution in [1.29, 1.82) is 0 Å². The van der Waals surface area contributed by atoms with Crippen LogP contribution in [0.4, 0.5) is 5.69 Å². The summed E-state index contributed by atoms with van der Waals surface area (Å²) in [4.78, 5) is 8.87. The van der Waals surface area contributed by atoms with E-state index >= 15 is 0 Å². The normalized spacial score (nSPS) is 10.4. The Morgan fingerprint density at radius 2 is 2.06 bits per heavy atom. The van der Waals surface area contributed by atoms with E-state index in [0.717, 1.165) is 27.9 Å². The Kier molecular flexibility index (Phi) is 4.20. The van der Waals surface area contributed by atoms with E-state index in [4.69, 9.17) is 0 Å². The Labute approximate surface area is 112 Å². The molecule has 3 nitrogen and oxygen atoms in total. The molecule has 4 heteroatoms. The van der Waals surface area contributed by atoms with E-state index in [1.807, 2.05) is 26.2 Å².